The normalized spacial score (nSPS) is 10.5. The number of carbonyl (C=O) groups is 1. The van der Waals surface area contributed by atoms with Crippen molar-refractivity contribution in [3.8, 4) is 17.3 Å². The first-order valence-electron chi connectivity index (χ1n) is 11.6. The van der Waals surface area contributed by atoms with Crippen LogP contribution in [0.25, 0.3) is 11.3 Å². The number of nitrogens with two attached hydrogens (primary N) is 1. The van der Waals surface area contributed by atoms with E-state index in [2.05, 4.69) is 21.7 Å². The average molecular weight is 460 g/mol. The zero-order valence-corrected chi connectivity index (χ0v) is 19.2. The third-order valence-corrected chi connectivity index (χ3v) is 5.47. The van der Waals surface area contributed by atoms with E-state index in [-0.39, 0.29) is 11.7 Å². The van der Waals surface area contributed by atoms with Crippen LogP contribution in [0.2, 0.25) is 0 Å². The molecule has 0 aliphatic carbocycles. The van der Waals surface area contributed by atoms with E-state index in [1.807, 2.05) is 18.2 Å². The number of amides is 1. The number of nitrogens with zero attached hydrogens (tertiary/aromatic N) is 2. The molecule has 1 aromatic heterocycles. The molecule has 4 N–H and O–H groups in total. The Kier molecular flexibility index (Phi) is 9.56. The standard InChI is InChI=1S/C27H30FN5O/c28-22-10-7-8-20(18-22)14-17-31-26-24(27(34)32-16-6-2-1-5-15-29)12-13-25(33-26)23-11-4-3-9-21(23)19-30/h3-4,7-13,18H,1-2,5-6,14-17,29H2,(H,31,33)(H,32,34). The van der Waals surface area contributed by atoms with Crippen molar-refractivity contribution >= 4 is 11.7 Å². The molecule has 0 atom stereocenters. The molecular weight excluding hydrogens is 429 g/mol. The van der Waals surface area contributed by atoms with E-state index < -0.39 is 0 Å². The van der Waals surface area contributed by atoms with Crippen LogP contribution in [0.5, 0.6) is 0 Å². The van der Waals surface area contributed by atoms with E-state index in [0.29, 0.717) is 54.3 Å². The van der Waals surface area contributed by atoms with Gasteiger partial charge in [-0.15, -0.1) is 0 Å². The SMILES string of the molecule is N#Cc1ccccc1-c1ccc(C(=O)NCCCCCCN)c(NCCc2cccc(F)c2)n1. The molecule has 0 saturated heterocycles. The molecule has 0 unspecified atom stereocenters. The van der Waals surface area contributed by atoms with Crippen molar-refractivity contribution in [3.63, 3.8) is 0 Å². The van der Waals surface area contributed by atoms with E-state index in [9.17, 15) is 14.4 Å². The van der Waals surface area contributed by atoms with Gasteiger partial charge in [0, 0.05) is 18.7 Å². The van der Waals surface area contributed by atoms with Gasteiger partial charge in [-0.2, -0.15) is 5.26 Å². The van der Waals surface area contributed by atoms with Crippen LogP contribution in [-0.4, -0.2) is 30.5 Å². The predicted octanol–water partition coefficient (Wildman–Crippen LogP) is 4.66. The van der Waals surface area contributed by atoms with Crippen LogP contribution in [0.15, 0.2) is 60.7 Å². The summed E-state index contributed by atoms with van der Waals surface area (Å²) in [5.41, 5.74) is 8.61. The molecule has 3 aromatic rings. The van der Waals surface area contributed by atoms with Gasteiger partial charge in [-0.1, -0.05) is 43.2 Å². The zero-order chi connectivity index (χ0) is 24.2. The Hall–Kier alpha value is -3.76. The summed E-state index contributed by atoms with van der Waals surface area (Å²) < 4.78 is 13.5. The lowest BCUT2D eigenvalue weighted by Crippen LogP contribution is -2.26. The third kappa shape index (κ3) is 7.12. The zero-order valence-electron chi connectivity index (χ0n) is 19.2. The fraction of sp³-hybridized carbons (Fsp3) is 0.296. The second-order valence-corrected chi connectivity index (χ2v) is 8.02. The van der Waals surface area contributed by atoms with Crippen molar-refractivity contribution in [2.75, 3.05) is 25.0 Å². The maximum Gasteiger partial charge on any atom is 0.255 e. The largest absolute Gasteiger partial charge is 0.369 e. The highest BCUT2D eigenvalue weighted by molar-refractivity contribution is 5.99. The Labute approximate surface area is 200 Å². The van der Waals surface area contributed by atoms with Crippen LogP contribution in [0.1, 0.15) is 47.2 Å². The number of aromatic nitrogens is 1. The number of nitrogens with one attached hydrogen (secondary N) is 2. The number of halogens is 1. The first kappa shape index (κ1) is 24.9. The molecule has 0 spiro atoms. The molecule has 0 radical (unpaired) electrons. The quantitative estimate of drug-likeness (QED) is 0.342. The Morgan fingerprint density at radius 3 is 2.62 bits per heavy atom. The van der Waals surface area contributed by atoms with Crippen molar-refractivity contribution in [3.05, 3.63) is 83.2 Å². The van der Waals surface area contributed by atoms with Crippen molar-refractivity contribution < 1.29 is 9.18 Å². The second-order valence-electron chi connectivity index (χ2n) is 8.02. The van der Waals surface area contributed by atoms with Gasteiger partial charge < -0.3 is 16.4 Å². The molecule has 3 rings (SSSR count). The van der Waals surface area contributed by atoms with Gasteiger partial charge in [0.1, 0.15) is 11.6 Å². The highest BCUT2D eigenvalue weighted by atomic mass is 19.1. The molecule has 1 amide bonds. The minimum absolute atomic E-state index is 0.209. The first-order chi connectivity index (χ1) is 16.6. The highest BCUT2D eigenvalue weighted by Gasteiger charge is 2.15. The number of benzene rings is 2. The summed E-state index contributed by atoms with van der Waals surface area (Å²) in [5.74, 6) is -0.0563. The number of hydrogen-bond acceptors (Lipinski definition) is 5. The summed E-state index contributed by atoms with van der Waals surface area (Å²) in [6, 6.07) is 19.3. The number of anilines is 1. The Morgan fingerprint density at radius 2 is 1.82 bits per heavy atom. The summed E-state index contributed by atoms with van der Waals surface area (Å²) in [6.07, 6.45) is 4.50. The fourth-order valence-corrected chi connectivity index (χ4v) is 3.67. The molecular formula is C27H30FN5O. The number of nitriles is 1. The van der Waals surface area contributed by atoms with Crippen LogP contribution in [0, 0.1) is 17.1 Å². The molecule has 34 heavy (non-hydrogen) atoms. The van der Waals surface area contributed by atoms with Gasteiger partial charge in [-0.05, 0) is 61.7 Å². The molecule has 0 bridgehead atoms. The lowest BCUT2D eigenvalue weighted by atomic mass is 10.0. The second kappa shape index (κ2) is 13.1. The smallest absolute Gasteiger partial charge is 0.255 e. The number of unbranched alkanes of at least 4 members (excludes halogenated alkanes) is 3. The number of pyridine rings is 1. The summed E-state index contributed by atoms with van der Waals surface area (Å²) in [5, 5.41) is 15.7. The summed E-state index contributed by atoms with van der Waals surface area (Å²) >= 11 is 0. The van der Waals surface area contributed by atoms with Crippen molar-refractivity contribution in [1.29, 1.82) is 5.26 Å². The molecule has 176 valence electrons. The number of hydrogen-bond donors (Lipinski definition) is 3. The van der Waals surface area contributed by atoms with Crippen molar-refractivity contribution in [2.45, 2.75) is 32.1 Å². The summed E-state index contributed by atoms with van der Waals surface area (Å²) in [4.78, 5) is 17.6. The molecule has 7 heteroatoms. The van der Waals surface area contributed by atoms with E-state index >= 15 is 0 Å². The van der Waals surface area contributed by atoms with Crippen LogP contribution in [0.4, 0.5) is 10.2 Å². The van der Waals surface area contributed by atoms with Crippen molar-refractivity contribution in [1.82, 2.24) is 10.3 Å². The maximum atomic E-state index is 13.5. The Morgan fingerprint density at radius 1 is 1.00 bits per heavy atom. The monoisotopic (exact) mass is 459 g/mol. The van der Waals surface area contributed by atoms with Gasteiger partial charge in [0.05, 0.1) is 22.9 Å². The number of rotatable bonds is 12. The van der Waals surface area contributed by atoms with E-state index in [0.717, 1.165) is 31.2 Å². The molecule has 0 saturated carbocycles. The lowest BCUT2D eigenvalue weighted by Gasteiger charge is -2.14. The van der Waals surface area contributed by atoms with Gasteiger partial charge in [0.2, 0.25) is 0 Å². The minimum Gasteiger partial charge on any atom is -0.369 e. The maximum absolute atomic E-state index is 13.5. The van der Waals surface area contributed by atoms with Gasteiger partial charge in [0.25, 0.3) is 5.91 Å². The van der Waals surface area contributed by atoms with Crippen LogP contribution in [0.3, 0.4) is 0 Å². The van der Waals surface area contributed by atoms with Crippen LogP contribution < -0.4 is 16.4 Å². The van der Waals surface area contributed by atoms with E-state index in [4.69, 9.17) is 5.73 Å². The predicted molar refractivity (Wildman–Crippen MR) is 133 cm³/mol. The van der Waals surface area contributed by atoms with Crippen molar-refractivity contribution in [2.24, 2.45) is 5.73 Å². The van der Waals surface area contributed by atoms with Crippen LogP contribution >= 0.6 is 0 Å². The average Bonchev–Trinajstić information content (AvgIpc) is 2.86. The van der Waals surface area contributed by atoms with Gasteiger partial charge in [0.15, 0.2) is 0 Å². The molecule has 2 aromatic carbocycles. The number of carbonyl (C=O) groups excluding carboxylic acids is 1. The van der Waals surface area contributed by atoms with Gasteiger partial charge in [-0.3, -0.25) is 4.79 Å². The molecule has 1 heterocycles. The Balaban J connectivity index is 1.76. The molecule has 0 aliphatic heterocycles. The van der Waals surface area contributed by atoms with E-state index in [1.54, 1.807) is 30.3 Å². The molecule has 6 nitrogen and oxygen atoms in total. The van der Waals surface area contributed by atoms with Gasteiger partial charge >= 0.3 is 0 Å². The Bertz CT molecular complexity index is 1140. The molecule has 0 aliphatic rings. The first-order valence-corrected chi connectivity index (χ1v) is 11.6. The molecule has 0 fully saturated rings. The van der Waals surface area contributed by atoms with E-state index in [1.165, 1.54) is 12.1 Å². The fourth-order valence-electron chi connectivity index (χ4n) is 3.67. The minimum atomic E-state index is -0.280. The third-order valence-electron chi connectivity index (χ3n) is 5.47. The van der Waals surface area contributed by atoms with Gasteiger partial charge in [-0.25, -0.2) is 9.37 Å². The topological polar surface area (TPSA) is 104 Å². The lowest BCUT2D eigenvalue weighted by molar-refractivity contribution is 0.0953. The van der Waals surface area contributed by atoms with Crippen LogP contribution in [-0.2, 0) is 6.42 Å². The highest BCUT2D eigenvalue weighted by Crippen LogP contribution is 2.25. The summed E-state index contributed by atoms with van der Waals surface area (Å²) in [7, 11) is 0. The summed E-state index contributed by atoms with van der Waals surface area (Å²) in [6.45, 7) is 1.73.